The molecule has 0 spiro atoms. The van der Waals surface area contributed by atoms with Crippen molar-refractivity contribution in [2.45, 2.75) is 6.92 Å². The van der Waals surface area contributed by atoms with E-state index in [9.17, 15) is 5.11 Å². The molecule has 0 aliphatic carbocycles. The third-order valence-electron chi connectivity index (χ3n) is 2.95. The van der Waals surface area contributed by atoms with Crippen LogP contribution in [0, 0.1) is 6.92 Å². The summed E-state index contributed by atoms with van der Waals surface area (Å²) >= 11 is 1.59. The molecule has 2 nitrogen and oxygen atoms in total. The Labute approximate surface area is 116 Å². The van der Waals surface area contributed by atoms with Crippen molar-refractivity contribution >= 4 is 11.3 Å². The minimum absolute atomic E-state index is 0.267. The predicted molar refractivity (Wildman–Crippen MR) is 79.4 cm³/mol. The van der Waals surface area contributed by atoms with Crippen molar-refractivity contribution in [3.63, 3.8) is 0 Å². The highest BCUT2D eigenvalue weighted by atomic mass is 32.1. The Morgan fingerprint density at radius 3 is 2.68 bits per heavy atom. The van der Waals surface area contributed by atoms with E-state index in [1.165, 1.54) is 5.56 Å². The van der Waals surface area contributed by atoms with Gasteiger partial charge in [0.25, 0.3) is 0 Å². The van der Waals surface area contributed by atoms with Gasteiger partial charge in [-0.05, 0) is 25.1 Å². The van der Waals surface area contributed by atoms with Crippen LogP contribution in [-0.2, 0) is 0 Å². The second-order valence-electron chi connectivity index (χ2n) is 4.42. The molecule has 94 valence electrons. The fraction of sp³-hybridized carbons (Fsp3) is 0.0625. The Kier molecular flexibility index (Phi) is 3.05. The molecule has 0 fully saturated rings. The molecular formula is C16H13NOS. The first kappa shape index (κ1) is 11.9. The molecule has 0 aliphatic rings. The number of rotatable bonds is 2. The zero-order valence-corrected chi connectivity index (χ0v) is 11.3. The van der Waals surface area contributed by atoms with Gasteiger partial charge < -0.3 is 5.11 Å². The van der Waals surface area contributed by atoms with E-state index in [-0.39, 0.29) is 5.75 Å². The monoisotopic (exact) mass is 267 g/mol. The normalized spacial score (nSPS) is 10.6. The number of para-hydroxylation sites is 1. The molecule has 1 heterocycles. The van der Waals surface area contributed by atoms with Crippen LogP contribution in [0.3, 0.4) is 0 Å². The first-order chi connectivity index (χ1) is 9.24. The summed E-state index contributed by atoms with van der Waals surface area (Å²) in [4.78, 5) is 4.61. The van der Waals surface area contributed by atoms with Crippen molar-refractivity contribution in [2.75, 3.05) is 0 Å². The molecule has 0 bridgehead atoms. The highest BCUT2D eigenvalue weighted by molar-refractivity contribution is 7.13. The van der Waals surface area contributed by atoms with Crippen LogP contribution in [0.25, 0.3) is 21.8 Å². The number of aromatic nitrogens is 1. The summed E-state index contributed by atoms with van der Waals surface area (Å²) in [7, 11) is 0. The van der Waals surface area contributed by atoms with Gasteiger partial charge >= 0.3 is 0 Å². The van der Waals surface area contributed by atoms with Gasteiger partial charge in [-0.2, -0.15) is 0 Å². The molecule has 0 amide bonds. The summed E-state index contributed by atoms with van der Waals surface area (Å²) in [6.45, 7) is 2.07. The molecular weight excluding hydrogens is 254 g/mol. The van der Waals surface area contributed by atoms with Crippen molar-refractivity contribution in [1.29, 1.82) is 0 Å². The lowest BCUT2D eigenvalue weighted by Crippen LogP contribution is -1.81. The van der Waals surface area contributed by atoms with Crippen LogP contribution < -0.4 is 0 Å². The summed E-state index contributed by atoms with van der Waals surface area (Å²) in [5.74, 6) is 0.267. The highest BCUT2D eigenvalue weighted by Gasteiger charge is 2.09. The quantitative estimate of drug-likeness (QED) is 0.742. The molecule has 0 saturated carbocycles. The van der Waals surface area contributed by atoms with E-state index in [4.69, 9.17) is 0 Å². The van der Waals surface area contributed by atoms with Gasteiger partial charge in [0.1, 0.15) is 10.8 Å². The van der Waals surface area contributed by atoms with E-state index >= 15 is 0 Å². The number of benzene rings is 2. The minimum atomic E-state index is 0.267. The smallest absolute Gasteiger partial charge is 0.125 e. The first-order valence-electron chi connectivity index (χ1n) is 6.05. The SMILES string of the molecule is Cc1cccc(-c2nc(-c3ccccc3O)cs2)c1. The maximum absolute atomic E-state index is 9.85. The summed E-state index contributed by atoms with van der Waals surface area (Å²) in [5, 5.41) is 12.8. The zero-order valence-electron chi connectivity index (χ0n) is 10.5. The molecule has 1 N–H and O–H groups in total. The fourth-order valence-corrected chi connectivity index (χ4v) is 2.82. The van der Waals surface area contributed by atoms with Gasteiger partial charge in [0.05, 0.1) is 5.69 Å². The van der Waals surface area contributed by atoms with Crippen LogP contribution in [0.15, 0.2) is 53.9 Å². The second kappa shape index (κ2) is 4.86. The second-order valence-corrected chi connectivity index (χ2v) is 5.28. The number of thiazole rings is 1. The Hall–Kier alpha value is -2.13. The molecule has 3 rings (SSSR count). The van der Waals surface area contributed by atoms with Crippen molar-refractivity contribution in [2.24, 2.45) is 0 Å². The molecule has 0 unspecified atom stereocenters. The Morgan fingerprint density at radius 1 is 1.05 bits per heavy atom. The summed E-state index contributed by atoms with van der Waals surface area (Å²) in [6, 6.07) is 15.6. The minimum Gasteiger partial charge on any atom is -0.507 e. The van der Waals surface area contributed by atoms with Gasteiger partial charge in [0, 0.05) is 16.5 Å². The summed E-state index contributed by atoms with van der Waals surface area (Å²) in [5.41, 5.74) is 3.93. The van der Waals surface area contributed by atoms with Crippen LogP contribution in [0.4, 0.5) is 0 Å². The van der Waals surface area contributed by atoms with Crippen molar-refractivity contribution in [1.82, 2.24) is 4.98 Å². The van der Waals surface area contributed by atoms with Gasteiger partial charge in [-0.15, -0.1) is 11.3 Å². The van der Waals surface area contributed by atoms with Crippen molar-refractivity contribution in [3.8, 4) is 27.6 Å². The molecule has 3 aromatic rings. The third-order valence-corrected chi connectivity index (χ3v) is 3.84. The number of hydrogen-bond acceptors (Lipinski definition) is 3. The number of phenols is 1. The Balaban J connectivity index is 2.03. The summed E-state index contributed by atoms with van der Waals surface area (Å²) in [6.07, 6.45) is 0. The molecule has 0 aliphatic heterocycles. The van der Waals surface area contributed by atoms with E-state index < -0.39 is 0 Å². The Morgan fingerprint density at radius 2 is 1.89 bits per heavy atom. The lowest BCUT2D eigenvalue weighted by Gasteiger charge is -2.00. The van der Waals surface area contributed by atoms with Crippen LogP contribution in [0.2, 0.25) is 0 Å². The van der Waals surface area contributed by atoms with E-state index in [0.29, 0.717) is 0 Å². The largest absolute Gasteiger partial charge is 0.507 e. The first-order valence-corrected chi connectivity index (χ1v) is 6.93. The number of aromatic hydroxyl groups is 1. The van der Waals surface area contributed by atoms with Crippen LogP contribution in [-0.4, -0.2) is 10.1 Å². The lowest BCUT2D eigenvalue weighted by molar-refractivity contribution is 0.477. The van der Waals surface area contributed by atoms with Gasteiger partial charge in [-0.3, -0.25) is 0 Å². The van der Waals surface area contributed by atoms with Crippen molar-refractivity contribution < 1.29 is 5.11 Å². The van der Waals surface area contributed by atoms with E-state index in [1.807, 2.05) is 29.6 Å². The maximum atomic E-state index is 9.85. The number of nitrogens with zero attached hydrogens (tertiary/aromatic N) is 1. The standard InChI is InChI=1S/C16H13NOS/c1-11-5-4-6-12(9-11)16-17-14(10-19-16)13-7-2-3-8-15(13)18/h2-10,18H,1H3. The van der Waals surface area contributed by atoms with E-state index in [1.54, 1.807) is 17.4 Å². The molecule has 3 heteroatoms. The molecule has 19 heavy (non-hydrogen) atoms. The van der Waals surface area contributed by atoms with E-state index in [2.05, 4.69) is 30.1 Å². The number of hydrogen-bond donors (Lipinski definition) is 1. The van der Waals surface area contributed by atoms with Crippen LogP contribution in [0.5, 0.6) is 5.75 Å². The summed E-state index contributed by atoms with van der Waals surface area (Å²) < 4.78 is 0. The zero-order chi connectivity index (χ0) is 13.2. The average molecular weight is 267 g/mol. The van der Waals surface area contributed by atoms with Gasteiger partial charge in [0.15, 0.2) is 0 Å². The average Bonchev–Trinajstić information content (AvgIpc) is 2.89. The fourth-order valence-electron chi connectivity index (χ4n) is 2.00. The van der Waals surface area contributed by atoms with E-state index in [0.717, 1.165) is 21.8 Å². The number of aryl methyl sites for hydroxylation is 1. The molecule has 0 radical (unpaired) electrons. The number of phenolic OH excluding ortho intramolecular Hbond substituents is 1. The topological polar surface area (TPSA) is 33.1 Å². The molecule has 0 saturated heterocycles. The van der Waals surface area contributed by atoms with Gasteiger partial charge in [0.2, 0.25) is 0 Å². The van der Waals surface area contributed by atoms with Crippen LogP contribution >= 0.6 is 11.3 Å². The molecule has 2 aromatic carbocycles. The third kappa shape index (κ3) is 2.37. The Bertz CT molecular complexity index is 718. The van der Waals surface area contributed by atoms with Gasteiger partial charge in [-0.25, -0.2) is 4.98 Å². The van der Waals surface area contributed by atoms with Crippen LogP contribution in [0.1, 0.15) is 5.56 Å². The highest BCUT2D eigenvalue weighted by Crippen LogP contribution is 2.33. The maximum Gasteiger partial charge on any atom is 0.125 e. The molecule has 1 aromatic heterocycles. The van der Waals surface area contributed by atoms with Gasteiger partial charge in [-0.1, -0.05) is 35.9 Å². The van der Waals surface area contributed by atoms with Crippen molar-refractivity contribution in [3.05, 3.63) is 59.5 Å². The predicted octanol–water partition coefficient (Wildman–Crippen LogP) is 4.49. The molecule has 0 atom stereocenters. The lowest BCUT2D eigenvalue weighted by atomic mass is 10.1.